The van der Waals surface area contributed by atoms with Crippen molar-refractivity contribution in [1.82, 2.24) is 5.32 Å². The fourth-order valence-electron chi connectivity index (χ4n) is 2.16. The van der Waals surface area contributed by atoms with Crippen LogP contribution in [0.5, 0.6) is 0 Å². The zero-order chi connectivity index (χ0) is 10.9. The molecule has 1 fully saturated rings. The van der Waals surface area contributed by atoms with Crippen LogP contribution < -0.4 is 11.1 Å². The van der Waals surface area contributed by atoms with Gasteiger partial charge in [0.2, 0.25) is 0 Å². The van der Waals surface area contributed by atoms with Gasteiger partial charge in [-0.2, -0.15) is 0 Å². The lowest BCUT2D eigenvalue weighted by molar-refractivity contribution is 0.184. The summed E-state index contributed by atoms with van der Waals surface area (Å²) in [4.78, 5) is 0. The van der Waals surface area contributed by atoms with Crippen LogP contribution in [-0.2, 0) is 5.54 Å². The van der Waals surface area contributed by atoms with Gasteiger partial charge >= 0.3 is 0 Å². The van der Waals surface area contributed by atoms with Crippen LogP contribution >= 0.6 is 0 Å². The SMILES string of the molecule is NC1(c2ccccc2F)CNCC1CO. The lowest BCUT2D eigenvalue weighted by Gasteiger charge is -2.30. The molecule has 1 aromatic rings. The first-order valence-electron chi connectivity index (χ1n) is 5.04. The summed E-state index contributed by atoms with van der Waals surface area (Å²) in [7, 11) is 0. The van der Waals surface area contributed by atoms with Crippen molar-refractivity contribution in [2.24, 2.45) is 11.7 Å². The smallest absolute Gasteiger partial charge is 0.128 e. The Labute approximate surface area is 88.1 Å². The van der Waals surface area contributed by atoms with Crippen LogP contribution in [0.25, 0.3) is 0 Å². The molecule has 0 aliphatic carbocycles. The maximum Gasteiger partial charge on any atom is 0.128 e. The number of nitrogens with one attached hydrogen (secondary N) is 1. The number of aliphatic hydroxyl groups excluding tert-OH is 1. The summed E-state index contributed by atoms with van der Waals surface area (Å²) in [6.45, 7) is 1.10. The van der Waals surface area contributed by atoms with E-state index in [0.717, 1.165) is 0 Å². The first kappa shape index (κ1) is 10.5. The van der Waals surface area contributed by atoms with Crippen LogP contribution in [0.1, 0.15) is 5.56 Å². The molecule has 1 saturated heterocycles. The second-order valence-electron chi connectivity index (χ2n) is 4.03. The lowest BCUT2D eigenvalue weighted by Crippen LogP contribution is -2.46. The monoisotopic (exact) mass is 210 g/mol. The first-order chi connectivity index (χ1) is 7.18. The number of nitrogens with two attached hydrogens (primary N) is 1. The van der Waals surface area contributed by atoms with Crippen LogP contribution in [0.4, 0.5) is 4.39 Å². The normalized spacial score (nSPS) is 30.7. The molecule has 1 aromatic carbocycles. The Hall–Kier alpha value is -0.970. The quantitative estimate of drug-likeness (QED) is 0.653. The molecule has 3 nitrogen and oxygen atoms in total. The number of halogens is 1. The van der Waals surface area contributed by atoms with Gasteiger partial charge in [-0.1, -0.05) is 18.2 Å². The van der Waals surface area contributed by atoms with Gasteiger partial charge in [0.25, 0.3) is 0 Å². The van der Waals surface area contributed by atoms with Crippen molar-refractivity contribution in [2.75, 3.05) is 19.7 Å². The van der Waals surface area contributed by atoms with E-state index in [1.54, 1.807) is 18.2 Å². The molecule has 0 radical (unpaired) electrons. The molecular formula is C11H15FN2O. The summed E-state index contributed by atoms with van der Waals surface area (Å²) >= 11 is 0. The van der Waals surface area contributed by atoms with Crippen molar-refractivity contribution in [2.45, 2.75) is 5.54 Å². The number of hydrogen-bond acceptors (Lipinski definition) is 3. The maximum absolute atomic E-state index is 13.6. The third kappa shape index (κ3) is 1.65. The molecule has 1 aliphatic rings. The molecule has 0 aromatic heterocycles. The Balaban J connectivity index is 2.40. The Kier molecular flexibility index (Phi) is 2.73. The molecule has 1 aliphatic heterocycles. The minimum Gasteiger partial charge on any atom is -0.396 e. The van der Waals surface area contributed by atoms with E-state index < -0.39 is 5.54 Å². The summed E-state index contributed by atoms with van der Waals surface area (Å²) in [5.74, 6) is -0.434. The molecule has 82 valence electrons. The van der Waals surface area contributed by atoms with Gasteiger partial charge in [-0.05, 0) is 6.07 Å². The van der Waals surface area contributed by atoms with Crippen LogP contribution in [0.2, 0.25) is 0 Å². The van der Waals surface area contributed by atoms with E-state index in [9.17, 15) is 9.50 Å². The molecule has 4 N–H and O–H groups in total. The average Bonchev–Trinajstić information content (AvgIpc) is 2.61. The highest BCUT2D eigenvalue weighted by Gasteiger charge is 2.41. The number of hydrogen-bond donors (Lipinski definition) is 3. The van der Waals surface area contributed by atoms with Crippen molar-refractivity contribution < 1.29 is 9.50 Å². The zero-order valence-corrected chi connectivity index (χ0v) is 8.41. The van der Waals surface area contributed by atoms with E-state index in [2.05, 4.69) is 5.32 Å². The fourth-order valence-corrected chi connectivity index (χ4v) is 2.16. The highest BCUT2D eigenvalue weighted by atomic mass is 19.1. The first-order valence-corrected chi connectivity index (χ1v) is 5.04. The molecule has 0 bridgehead atoms. The van der Waals surface area contributed by atoms with E-state index in [1.807, 2.05) is 0 Å². The lowest BCUT2D eigenvalue weighted by atomic mass is 9.81. The molecular weight excluding hydrogens is 195 g/mol. The number of aliphatic hydroxyl groups is 1. The molecule has 15 heavy (non-hydrogen) atoms. The molecule has 2 atom stereocenters. The third-order valence-corrected chi connectivity index (χ3v) is 3.13. The average molecular weight is 210 g/mol. The van der Waals surface area contributed by atoms with E-state index in [-0.39, 0.29) is 18.3 Å². The van der Waals surface area contributed by atoms with Crippen LogP contribution in [0.15, 0.2) is 24.3 Å². The summed E-state index contributed by atoms with van der Waals surface area (Å²) in [5.41, 5.74) is 5.86. The van der Waals surface area contributed by atoms with E-state index in [1.165, 1.54) is 6.07 Å². The highest BCUT2D eigenvalue weighted by molar-refractivity contribution is 5.29. The standard InChI is InChI=1S/C11H15FN2O/c12-10-4-2-1-3-9(10)11(13)7-14-5-8(11)6-15/h1-4,8,14-15H,5-7,13H2. The summed E-state index contributed by atoms with van der Waals surface area (Å²) < 4.78 is 13.6. The third-order valence-electron chi connectivity index (χ3n) is 3.13. The minimum atomic E-state index is -0.792. The molecule has 2 rings (SSSR count). The Bertz CT molecular complexity index is 358. The molecule has 0 saturated carbocycles. The Morgan fingerprint density at radius 3 is 2.93 bits per heavy atom. The van der Waals surface area contributed by atoms with Crippen molar-refractivity contribution >= 4 is 0 Å². The Morgan fingerprint density at radius 1 is 1.53 bits per heavy atom. The van der Waals surface area contributed by atoms with Gasteiger partial charge < -0.3 is 16.2 Å². The molecule has 1 heterocycles. The minimum absolute atomic E-state index is 0.0299. The molecule has 2 unspecified atom stereocenters. The van der Waals surface area contributed by atoms with Gasteiger partial charge in [0.1, 0.15) is 5.82 Å². The van der Waals surface area contributed by atoms with Crippen molar-refractivity contribution in [3.63, 3.8) is 0 Å². The second-order valence-corrected chi connectivity index (χ2v) is 4.03. The van der Waals surface area contributed by atoms with Crippen LogP contribution in [0.3, 0.4) is 0 Å². The highest BCUT2D eigenvalue weighted by Crippen LogP contribution is 2.31. The van der Waals surface area contributed by atoms with E-state index >= 15 is 0 Å². The predicted molar refractivity (Wildman–Crippen MR) is 55.7 cm³/mol. The second kappa shape index (κ2) is 3.89. The van der Waals surface area contributed by atoms with Crippen LogP contribution in [0, 0.1) is 11.7 Å². The van der Waals surface area contributed by atoms with Gasteiger partial charge in [0.15, 0.2) is 0 Å². The van der Waals surface area contributed by atoms with E-state index in [4.69, 9.17) is 5.73 Å². The van der Waals surface area contributed by atoms with Gasteiger partial charge in [-0.3, -0.25) is 0 Å². The zero-order valence-electron chi connectivity index (χ0n) is 8.41. The van der Waals surface area contributed by atoms with Gasteiger partial charge in [0, 0.05) is 31.2 Å². The molecule has 0 spiro atoms. The fraction of sp³-hybridized carbons (Fsp3) is 0.455. The van der Waals surface area contributed by atoms with Crippen LogP contribution in [-0.4, -0.2) is 24.8 Å². The largest absolute Gasteiger partial charge is 0.396 e. The summed E-state index contributed by atoms with van der Waals surface area (Å²) in [5, 5.41) is 12.3. The van der Waals surface area contributed by atoms with Crippen molar-refractivity contribution in [1.29, 1.82) is 0 Å². The Morgan fingerprint density at radius 2 is 2.27 bits per heavy atom. The van der Waals surface area contributed by atoms with E-state index in [0.29, 0.717) is 18.7 Å². The van der Waals surface area contributed by atoms with Gasteiger partial charge in [-0.25, -0.2) is 4.39 Å². The topological polar surface area (TPSA) is 58.3 Å². The summed E-state index contributed by atoms with van der Waals surface area (Å²) in [6, 6.07) is 6.49. The predicted octanol–water partition coefficient (Wildman–Crippen LogP) is 0.191. The molecule has 4 heteroatoms. The number of rotatable bonds is 2. The van der Waals surface area contributed by atoms with Gasteiger partial charge in [0.05, 0.1) is 5.54 Å². The van der Waals surface area contributed by atoms with Crippen molar-refractivity contribution in [3.05, 3.63) is 35.6 Å². The van der Waals surface area contributed by atoms with Crippen molar-refractivity contribution in [3.8, 4) is 0 Å². The van der Waals surface area contributed by atoms with Gasteiger partial charge in [-0.15, -0.1) is 0 Å². The molecule has 0 amide bonds. The maximum atomic E-state index is 13.6. The number of benzene rings is 1. The summed E-state index contributed by atoms with van der Waals surface area (Å²) in [6.07, 6.45) is 0.